The van der Waals surface area contributed by atoms with Crippen LogP contribution in [0.15, 0.2) is 65.8 Å². The van der Waals surface area contributed by atoms with Crippen molar-refractivity contribution in [1.29, 1.82) is 0 Å². The van der Waals surface area contributed by atoms with Crippen molar-refractivity contribution in [3.63, 3.8) is 0 Å². The van der Waals surface area contributed by atoms with Crippen molar-refractivity contribution in [3.8, 4) is 22.8 Å². The van der Waals surface area contributed by atoms with Crippen molar-refractivity contribution < 1.29 is 9.53 Å². The topological polar surface area (TPSA) is 86.9 Å². The number of unbranched alkanes of at least 4 members (excludes halogenated alkanes) is 1. The van der Waals surface area contributed by atoms with Gasteiger partial charge < -0.3 is 14.6 Å². The van der Waals surface area contributed by atoms with Crippen molar-refractivity contribution in [1.82, 2.24) is 24.5 Å². The van der Waals surface area contributed by atoms with Gasteiger partial charge in [-0.15, -0.1) is 10.2 Å². The molecule has 0 radical (unpaired) electrons. The van der Waals surface area contributed by atoms with E-state index in [0.717, 1.165) is 53.1 Å². The third kappa shape index (κ3) is 5.48. The summed E-state index contributed by atoms with van der Waals surface area (Å²) in [5, 5.41) is 17.0. The Hall–Kier alpha value is -3.59. The van der Waals surface area contributed by atoms with E-state index in [9.17, 15) is 4.79 Å². The van der Waals surface area contributed by atoms with Gasteiger partial charge in [0.15, 0.2) is 11.0 Å². The third-order valence-corrected chi connectivity index (χ3v) is 6.20. The van der Waals surface area contributed by atoms with Gasteiger partial charge in [-0.05, 0) is 49.7 Å². The van der Waals surface area contributed by atoms with Crippen LogP contribution in [0.4, 0.5) is 5.82 Å². The molecule has 9 heteroatoms. The summed E-state index contributed by atoms with van der Waals surface area (Å²) in [4.78, 5) is 12.8. The van der Waals surface area contributed by atoms with Gasteiger partial charge in [-0.3, -0.25) is 4.79 Å². The minimum absolute atomic E-state index is 0.127. The molecular formula is C25H28N6O2S. The van der Waals surface area contributed by atoms with Crippen LogP contribution in [0.5, 0.6) is 5.75 Å². The van der Waals surface area contributed by atoms with Crippen LogP contribution in [0, 0.1) is 6.92 Å². The van der Waals surface area contributed by atoms with Crippen LogP contribution in [0.3, 0.4) is 0 Å². The standard InChI is InChI=1S/C25H28N6O2S/c1-4-5-15-30-24(19-11-13-21(33-3)14-12-19)27-28-25(30)34-17-23(32)26-22-16-18(2)29-31(22)20-9-7-6-8-10-20/h6-14,16H,4-5,15,17H2,1-3H3,(H,26,32). The Morgan fingerprint density at radius 1 is 1.09 bits per heavy atom. The van der Waals surface area contributed by atoms with Gasteiger partial charge in [-0.2, -0.15) is 5.10 Å². The molecule has 0 aliphatic heterocycles. The van der Waals surface area contributed by atoms with E-state index in [-0.39, 0.29) is 11.7 Å². The molecule has 0 saturated heterocycles. The van der Waals surface area contributed by atoms with Crippen molar-refractivity contribution >= 4 is 23.5 Å². The van der Waals surface area contributed by atoms with Gasteiger partial charge in [-0.1, -0.05) is 43.3 Å². The maximum absolute atomic E-state index is 12.8. The number of nitrogens with one attached hydrogen (secondary N) is 1. The number of thioether (sulfide) groups is 1. The van der Waals surface area contributed by atoms with E-state index in [1.165, 1.54) is 11.8 Å². The van der Waals surface area contributed by atoms with Crippen LogP contribution < -0.4 is 10.1 Å². The first-order valence-corrected chi connectivity index (χ1v) is 12.2. The SMILES string of the molecule is CCCCn1c(SCC(=O)Nc2cc(C)nn2-c2ccccc2)nnc1-c1ccc(OC)cc1. The van der Waals surface area contributed by atoms with Crippen LogP contribution in [0.2, 0.25) is 0 Å². The quantitative estimate of drug-likeness (QED) is 0.325. The number of aromatic nitrogens is 5. The molecule has 4 aromatic rings. The fourth-order valence-corrected chi connectivity index (χ4v) is 4.29. The predicted octanol–water partition coefficient (Wildman–Crippen LogP) is 4.98. The van der Waals surface area contributed by atoms with Gasteiger partial charge in [0.25, 0.3) is 0 Å². The van der Waals surface area contributed by atoms with Crippen LogP contribution >= 0.6 is 11.8 Å². The number of nitrogens with zero attached hydrogens (tertiary/aromatic N) is 5. The first-order valence-electron chi connectivity index (χ1n) is 11.2. The lowest BCUT2D eigenvalue weighted by atomic mass is 10.2. The lowest BCUT2D eigenvalue weighted by Crippen LogP contribution is -2.17. The van der Waals surface area contributed by atoms with Crippen molar-refractivity contribution in [2.45, 2.75) is 38.4 Å². The molecule has 0 atom stereocenters. The molecule has 0 spiro atoms. The second-order valence-corrected chi connectivity index (χ2v) is 8.74. The Kier molecular flexibility index (Phi) is 7.64. The second-order valence-electron chi connectivity index (χ2n) is 7.80. The van der Waals surface area contributed by atoms with E-state index in [1.54, 1.807) is 11.8 Å². The summed E-state index contributed by atoms with van der Waals surface area (Å²) in [5.74, 6) is 2.31. The highest BCUT2D eigenvalue weighted by Gasteiger charge is 2.17. The average molecular weight is 477 g/mol. The summed E-state index contributed by atoms with van der Waals surface area (Å²) in [6, 6.07) is 19.4. The van der Waals surface area contributed by atoms with Crippen molar-refractivity contribution in [2.24, 2.45) is 0 Å². The molecule has 0 aliphatic carbocycles. The van der Waals surface area contributed by atoms with E-state index in [1.807, 2.05) is 67.6 Å². The molecule has 2 aromatic heterocycles. The lowest BCUT2D eigenvalue weighted by Gasteiger charge is -2.11. The zero-order chi connectivity index (χ0) is 23.9. The van der Waals surface area contributed by atoms with Crippen molar-refractivity contribution in [2.75, 3.05) is 18.2 Å². The Bertz CT molecular complexity index is 1230. The normalized spacial score (nSPS) is 10.9. The van der Waals surface area contributed by atoms with Gasteiger partial charge in [-0.25, -0.2) is 4.68 Å². The van der Waals surface area contributed by atoms with Gasteiger partial charge >= 0.3 is 0 Å². The van der Waals surface area contributed by atoms with Gasteiger partial charge in [0.2, 0.25) is 5.91 Å². The molecule has 1 N–H and O–H groups in total. The largest absolute Gasteiger partial charge is 0.497 e. The minimum atomic E-state index is -0.127. The number of para-hydroxylation sites is 1. The molecule has 0 unspecified atom stereocenters. The minimum Gasteiger partial charge on any atom is -0.497 e. The third-order valence-electron chi connectivity index (χ3n) is 5.23. The summed E-state index contributed by atoms with van der Waals surface area (Å²) >= 11 is 1.38. The molecule has 2 aromatic carbocycles. The Balaban J connectivity index is 1.48. The number of aryl methyl sites for hydroxylation is 1. The molecule has 4 rings (SSSR count). The number of benzene rings is 2. The highest BCUT2D eigenvalue weighted by Crippen LogP contribution is 2.26. The molecule has 0 saturated carbocycles. The first kappa shape index (κ1) is 23.6. The van der Waals surface area contributed by atoms with E-state index in [2.05, 4.69) is 32.1 Å². The van der Waals surface area contributed by atoms with Gasteiger partial charge in [0.05, 0.1) is 24.2 Å². The zero-order valence-corrected chi connectivity index (χ0v) is 20.4. The molecule has 8 nitrogen and oxygen atoms in total. The Morgan fingerprint density at radius 2 is 1.85 bits per heavy atom. The molecule has 176 valence electrons. The molecule has 0 fully saturated rings. The molecule has 34 heavy (non-hydrogen) atoms. The number of hydrogen-bond donors (Lipinski definition) is 1. The predicted molar refractivity (Wildman–Crippen MR) is 135 cm³/mol. The van der Waals surface area contributed by atoms with Crippen molar-refractivity contribution in [3.05, 3.63) is 66.4 Å². The number of carbonyl (C=O) groups is 1. The second kappa shape index (κ2) is 11.0. The van der Waals surface area contributed by atoms with Crippen LogP contribution in [-0.2, 0) is 11.3 Å². The summed E-state index contributed by atoms with van der Waals surface area (Å²) in [5.41, 5.74) is 2.68. The van der Waals surface area contributed by atoms with Crippen LogP contribution in [0.25, 0.3) is 17.1 Å². The summed E-state index contributed by atoms with van der Waals surface area (Å²) in [7, 11) is 1.65. The van der Waals surface area contributed by atoms with E-state index in [0.29, 0.717) is 5.82 Å². The van der Waals surface area contributed by atoms with Gasteiger partial charge in [0, 0.05) is 18.2 Å². The maximum atomic E-state index is 12.8. The number of anilines is 1. The molecule has 0 bridgehead atoms. The molecule has 1 amide bonds. The Morgan fingerprint density at radius 3 is 2.56 bits per heavy atom. The zero-order valence-electron chi connectivity index (χ0n) is 19.6. The van der Waals surface area contributed by atoms with Gasteiger partial charge in [0.1, 0.15) is 11.6 Å². The maximum Gasteiger partial charge on any atom is 0.236 e. The van der Waals surface area contributed by atoms with Crippen LogP contribution in [0.1, 0.15) is 25.5 Å². The number of ether oxygens (including phenoxy) is 1. The molecular weight excluding hydrogens is 448 g/mol. The highest BCUT2D eigenvalue weighted by atomic mass is 32.2. The fourth-order valence-electron chi connectivity index (χ4n) is 3.53. The van der Waals surface area contributed by atoms with Crippen LogP contribution in [-0.4, -0.2) is 43.3 Å². The Labute approximate surface area is 203 Å². The monoisotopic (exact) mass is 476 g/mol. The summed E-state index contributed by atoms with van der Waals surface area (Å²) in [6.07, 6.45) is 2.05. The number of rotatable bonds is 10. The number of methoxy groups -OCH3 is 1. The average Bonchev–Trinajstić information content (AvgIpc) is 3.44. The first-order chi connectivity index (χ1) is 16.6. The summed E-state index contributed by atoms with van der Waals surface area (Å²) < 4.78 is 9.08. The van der Waals surface area contributed by atoms with E-state index < -0.39 is 0 Å². The fraction of sp³-hybridized carbons (Fsp3) is 0.280. The molecule has 2 heterocycles. The lowest BCUT2D eigenvalue weighted by molar-refractivity contribution is -0.113. The number of hydrogen-bond acceptors (Lipinski definition) is 6. The van der Waals surface area contributed by atoms with E-state index in [4.69, 9.17) is 4.74 Å². The summed E-state index contributed by atoms with van der Waals surface area (Å²) in [6.45, 7) is 4.84. The number of carbonyl (C=O) groups excluding carboxylic acids is 1. The molecule has 0 aliphatic rings. The smallest absolute Gasteiger partial charge is 0.236 e. The van der Waals surface area contributed by atoms with E-state index >= 15 is 0 Å². The highest BCUT2D eigenvalue weighted by molar-refractivity contribution is 7.99. The number of amides is 1.